The lowest BCUT2D eigenvalue weighted by Crippen LogP contribution is -2.63. The van der Waals surface area contributed by atoms with Gasteiger partial charge in [0.1, 0.15) is 5.76 Å². The minimum atomic E-state index is -2.84. The monoisotopic (exact) mass is 1180 g/mol. The summed E-state index contributed by atoms with van der Waals surface area (Å²) < 4.78 is 42.3. The Hall–Kier alpha value is -3.94. The minimum Gasteiger partial charge on any atom is -0.439 e. The highest BCUT2D eigenvalue weighted by molar-refractivity contribution is 7.92. The van der Waals surface area contributed by atoms with E-state index in [1.807, 2.05) is 109 Å². The van der Waals surface area contributed by atoms with Gasteiger partial charge < -0.3 is 43.5 Å². The van der Waals surface area contributed by atoms with Gasteiger partial charge in [0.2, 0.25) is 35.3 Å². The number of fused-ring (bicyclic) bond motifs is 6. The molecule has 2 unspecified atom stereocenters. The van der Waals surface area contributed by atoms with Gasteiger partial charge >= 0.3 is 0 Å². The standard InChI is InChI=1S/C15H27NO.C12H21NO2.C11H19NO3.C10H18N2O2.C9H13NO2.C5H12O2S.CH4/c1-13(2,3)12(17)16-10-15(6)8-11(16)7-14(4,5)9-15;1-12(2,3)11(14)13-9-5-4-6-10(13)8-15-7-9;1-11(2,3)10(13)12-8-4-14-6-9(12)7-15-5-8;1-10(2,3)9(14)12-6-4-8(13)11-5-7-12;1-6-5-10-8(12-6)7(11)9(2,3)4;1-5(2,3)8(4,6)7;/h11H,7-10H2,1-6H3;9-10H,4-8H2,1-3H3;8-9H,4-7H2,1-3H3;4-7H2,1-3H3,(H,11,13);5H,1-4H3;1-4H3;1H4/t;9-,10+;;;;;. The summed E-state index contributed by atoms with van der Waals surface area (Å²) in [6.45, 7) is 49.7. The minimum absolute atomic E-state index is 0. The number of morpholine rings is 3. The first-order valence-corrected chi connectivity index (χ1v) is 31.4. The van der Waals surface area contributed by atoms with Crippen LogP contribution in [0.5, 0.6) is 0 Å². The van der Waals surface area contributed by atoms with Crippen LogP contribution in [0.3, 0.4) is 0 Å². The largest absolute Gasteiger partial charge is 0.439 e. The molecule has 0 radical (unpaired) electrons. The van der Waals surface area contributed by atoms with Crippen LogP contribution in [0.1, 0.15) is 214 Å². The van der Waals surface area contributed by atoms with Crippen molar-refractivity contribution in [2.24, 2.45) is 37.9 Å². The quantitative estimate of drug-likeness (QED) is 0.260. The second-order valence-corrected chi connectivity index (χ2v) is 33.6. The number of carbonyl (C=O) groups is 6. The molecule has 4 atom stereocenters. The van der Waals surface area contributed by atoms with E-state index in [-0.39, 0.29) is 70.6 Å². The van der Waals surface area contributed by atoms with E-state index in [0.29, 0.717) is 99.0 Å². The van der Waals surface area contributed by atoms with Crippen LogP contribution in [0.2, 0.25) is 0 Å². The van der Waals surface area contributed by atoms with E-state index in [4.69, 9.17) is 18.6 Å². The number of hydrogen-bond acceptors (Lipinski definition) is 13. The molecular formula is C63H114N6O12S. The van der Waals surface area contributed by atoms with Crippen molar-refractivity contribution in [3.8, 4) is 0 Å². The van der Waals surface area contributed by atoms with Crippen LogP contribution in [0, 0.1) is 44.8 Å². The van der Waals surface area contributed by atoms with Gasteiger partial charge in [0.15, 0.2) is 9.84 Å². The molecule has 1 aliphatic carbocycles. The van der Waals surface area contributed by atoms with Crippen LogP contribution in [0.4, 0.5) is 0 Å². The van der Waals surface area contributed by atoms with Gasteiger partial charge in [-0.3, -0.25) is 28.8 Å². The maximum atomic E-state index is 12.5. The number of ketones is 1. The lowest BCUT2D eigenvalue weighted by atomic mass is 9.65. The smallest absolute Gasteiger partial charge is 0.263 e. The van der Waals surface area contributed by atoms with E-state index in [1.165, 1.54) is 31.9 Å². The molecule has 8 rings (SSSR count). The Morgan fingerprint density at radius 2 is 1.02 bits per heavy atom. The number of piperidine rings is 1. The van der Waals surface area contributed by atoms with Crippen molar-refractivity contribution in [3.05, 3.63) is 17.8 Å². The average molecular weight is 1180 g/mol. The molecule has 5 amide bonds. The molecule has 82 heavy (non-hydrogen) atoms. The zero-order valence-electron chi connectivity index (χ0n) is 54.5. The van der Waals surface area contributed by atoms with Gasteiger partial charge in [-0.1, -0.05) is 132 Å². The molecule has 1 saturated carbocycles. The fraction of sp³-hybridized carbons (Fsp3) is 0.857. The first-order chi connectivity index (χ1) is 36.6. The number of carbonyl (C=O) groups excluding carboxylic acids is 6. The highest BCUT2D eigenvalue weighted by Crippen LogP contribution is 2.53. The maximum absolute atomic E-state index is 12.5. The number of aryl methyl sites for hydroxylation is 1. The molecule has 6 saturated heterocycles. The van der Waals surface area contributed by atoms with E-state index >= 15 is 0 Å². The summed E-state index contributed by atoms with van der Waals surface area (Å²) in [6.07, 6.45) is 10.3. The Labute approximate surface area is 496 Å². The fourth-order valence-corrected chi connectivity index (χ4v) is 11.0. The maximum Gasteiger partial charge on any atom is 0.263 e. The van der Waals surface area contributed by atoms with Crippen LogP contribution in [-0.2, 0) is 48.0 Å². The molecule has 18 nitrogen and oxygen atoms in total. The normalized spacial score (nSPS) is 25.3. The van der Waals surface area contributed by atoms with E-state index in [2.05, 4.69) is 40.9 Å². The zero-order valence-corrected chi connectivity index (χ0v) is 55.3. The molecule has 7 aliphatic rings. The molecule has 6 bridgehead atoms. The Morgan fingerprint density at radius 3 is 1.40 bits per heavy atom. The number of oxazole rings is 1. The van der Waals surface area contributed by atoms with Crippen LogP contribution < -0.4 is 5.32 Å². The average Bonchev–Trinajstić information content (AvgIpc) is 3.91. The third-order valence-electron chi connectivity index (χ3n) is 15.4. The number of Topliss-reactive ketones (excluding diaryl/α,β-unsaturated/α-hetero) is 1. The lowest BCUT2D eigenvalue weighted by molar-refractivity contribution is -0.175. The molecular weight excluding hydrogens is 1060 g/mol. The number of likely N-dealkylation sites (tertiary alicyclic amines) is 1. The van der Waals surface area contributed by atoms with Gasteiger partial charge in [-0.2, -0.15) is 0 Å². The molecule has 6 aliphatic heterocycles. The number of ether oxygens (including phenoxy) is 3. The predicted octanol–water partition coefficient (Wildman–Crippen LogP) is 9.99. The summed E-state index contributed by atoms with van der Waals surface area (Å²) in [7, 11) is -2.84. The number of hydrogen-bond donors (Lipinski definition) is 1. The highest BCUT2D eigenvalue weighted by atomic mass is 32.2. The molecule has 19 heteroatoms. The Kier molecular flexibility index (Phi) is 25.8. The van der Waals surface area contributed by atoms with Crippen molar-refractivity contribution in [1.29, 1.82) is 0 Å². The molecule has 0 aromatic carbocycles. The van der Waals surface area contributed by atoms with Crippen LogP contribution >= 0.6 is 0 Å². The summed E-state index contributed by atoms with van der Waals surface area (Å²) in [4.78, 5) is 83.4. The zero-order chi connectivity index (χ0) is 62.3. The first kappa shape index (κ1) is 74.2. The van der Waals surface area contributed by atoms with Gasteiger partial charge in [-0.25, -0.2) is 13.4 Å². The molecule has 7 heterocycles. The highest BCUT2D eigenvalue weighted by Gasteiger charge is 2.52. The van der Waals surface area contributed by atoms with Gasteiger partial charge in [0, 0.05) is 72.0 Å². The summed E-state index contributed by atoms with van der Waals surface area (Å²) >= 11 is 0. The number of nitrogens with one attached hydrogen (secondary N) is 1. The molecule has 0 spiro atoms. The van der Waals surface area contributed by atoms with Crippen molar-refractivity contribution in [1.82, 2.24) is 29.9 Å². The molecule has 474 valence electrons. The van der Waals surface area contributed by atoms with Crippen molar-refractivity contribution in [2.45, 2.75) is 240 Å². The second kappa shape index (κ2) is 28.5. The van der Waals surface area contributed by atoms with E-state index in [0.717, 1.165) is 32.6 Å². The third kappa shape index (κ3) is 21.8. The fourth-order valence-electron chi connectivity index (χ4n) is 11.0. The second-order valence-electron chi connectivity index (χ2n) is 30.9. The van der Waals surface area contributed by atoms with Crippen molar-refractivity contribution in [3.63, 3.8) is 0 Å². The first-order valence-electron chi connectivity index (χ1n) is 29.5. The summed E-state index contributed by atoms with van der Waals surface area (Å²) in [5, 5.41) is 2.75. The molecule has 1 N–H and O–H groups in total. The molecule has 7 fully saturated rings. The summed E-state index contributed by atoms with van der Waals surface area (Å²) in [6, 6.07) is 1.39. The van der Waals surface area contributed by atoms with E-state index < -0.39 is 20.0 Å². The van der Waals surface area contributed by atoms with E-state index in [9.17, 15) is 37.2 Å². The van der Waals surface area contributed by atoms with Gasteiger partial charge in [0.05, 0.1) is 74.8 Å². The molecule has 1 aromatic rings. The lowest BCUT2D eigenvalue weighted by Gasteiger charge is -2.47. The van der Waals surface area contributed by atoms with E-state index in [1.54, 1.807) is 38.8 Å². The van der Waals surface area contributed by atoms with Crippen molar-refractivity contribution in [2.75, 3.05) is 72.1 Å². The third-order valence-corrected chi connectivity index (χ3v) is 17.7. The topological polar surface area (TPSA) is 215 Å². The molecule has 1 aromatic heterocycles. The Morgan fingerprint density at radius 1 is 0.610 bits per heavy atom. The number of sulfone groups is 1. The summed E-state index contributed by atoms with van der Waals surface area (Å²) in [5.74, 6) is 1.81. The van der Waals surface area contributed by atoms with Crippen LogP contribution in [-0.4, -0.2) is 175 Å². The number of nitrogens with zero attached hydrogens (tertiary/aromatic N) is 5. The van der Waals surface area contributed by atoms with Gasteiger partial charge in [0.25, 0.3) is 5.89 Å². The van der Waals surface area contributed by atoms with Gasteiger partial charge in [-0.05, 0) is 77.0 Å². The number of amides is 5. The van der Waals surface area contributed by atoms with Gasteiger partial charge in [-0.15, -0.1) is 0 Å². The van der Waals surface area contributed by atoms with Crippen molar-refractivity contribution >= 4 is 45.2 Å². The Balaban J connectivity index is 0.000000339. The SMILES string of the molecule is C.CC(C)(C)C(=O)N1C2COCC1COC2.CC(C)(C)C(=O)N1CCNC(=O)CC1.CC(C)(C)C(=O)N1[C@@H]2CCC[C@H]1COC2.CC(C)(C)S(C)(=O)=O.CC1(C)CC2CC(C)(CN2C(=O)C(C)(C)C)C1.Cc1cnc(C(=O)C(C)(C)C)o1. The number of aromatic nitrogens is 1. The van der Waals surface area contributed by atoms with Crippen molar-refractivity contribution < 1.29 is 55.8 Å². The Bertz CT molecular complexity index is 2310. The predicted molar refractivity (Wildman–Crippen MR) is 325 cm³/mol. The number of rotatable bonds is 1. The van der Waals surface area contributed by atoms with Crippen LogP contribution in [0.15, 0.2) is 10.6 Å². The van der Waals surface area contributed by atoms with Crippen LogP contribution in [0.25, 0.3) is 0 Å². The summed E-state index contributed by atoms with van der Waals surface area (Å²) in [5.41, 5.74) is -0.836.